The molecular weight excluding hydrogens is 422 g/mol. The lowest BCUT2D eigenvalue weighted by Gasteiger charge is -2.28. The van der Waals surface area contributed by atoms with Gasteiger partial charge < -0.3 is 19.4 Å². The number of hydrogen-bond donors (Lipinski definition) is 0. The smallest absolute Gasteiger partial charge is 0.265 e. The number of nitrogens with zero attached hydrogens (tertiary/aromatic N) is 3. The van der Waals surface area contributed by atoms with Crippen LogP contribution in [0.4, 0.5) is 5.00 Å². The van der Waals surface area contributed by atoms with Crippen molar-refractivity contribution in [1.29, 1.82) is 0 Å². The van der Waals surface area contributed by atoms with Gasteiger partial charge in [0.25, 0.3) is 5.91 Å². The van der Waals surface area contributed by atoms with Crippen LogP contribution in [0, 0.1) is 0 Å². The number of ether oxygens (including phenoxy) is 1. The molecule has 5 rings (SSSR count). The summed E-state index contributed by atoms with van der Waals surface area (Å²) in [5.41, 5.74) is 3.22. The topological polar surface area (TPSA) is 53.1 Å². The Morgan fingerprint density at radius 3 is 2.38 bits per heavy atom. The predicted molar refractivity (Wildman–Crippen MR) is 126 cm³/mol. The van der Waals surface area contributed by atoms with E-state index in [1.807, 2.05) is 54.6 Å². The summed E-state index contributed by atoms with van der Waals surface area (Å²) in [6.07, 6.45) is 0. The highest BCUT2D eigenvalue weighted by Crippen LogP contribution is 2.40. The van der Waals surface area contributed by atoms with Crippen molar-refractivity contribution in [2.75, 3.05) is 44.4 Å². The molecule has 3 heterocycles. The van der Waals surface area contributed by atoms with Crippen LogP contribution in [-0.2, 0) is 16.1 Å². The van der Waals surface area contributed by atoms with Gasteiger partial charge in [-0.05, 0) is 17.2 Å². The monoisotopic (exact) mass is 447 g/mol. The van der Waals surface area contributed by atoms with Gasteiger partial charge >= 0.3 is 0 Å². The number of rotatable bonds is 5. The minimum atomic E-state index is -0.0874. The van der Waals surface area contributed by atoms with Crippen molar-refractivity contribution in [3.05, 3.63) is 77.2 Å². The van der Waals surface area contributed by atoms with E-state index in [2.05, 4.69) is 17.0 Å². The normalized spacial score (nSPS) is 16.6. The quantitative estimate of drug-likeness (QED) is 0.599. The first-order valence-electron chi connectivity index (χ1n) is 10.8. The zero-order chi connectivity index (χ0) is 21.9. The van der Waals surface area contributed by atoms with E-state index in [0.29, 0.717) is 31.3 Å². The number of morpholine rings is 1. The largest absolute Gasteiger partial charge is 0.378 e. The van der Waals surface area contributed by atoms with Gasteiger partial charge in [0.05, 0.1) is 29.8 Å². The Bertz CT molecular complexity index is 1090. The lowest BCUT2D eigenvalue weighted by atomic mass is 10.1. The summed E-state index contributed by atoms with van der Waals surface area (Å²) >= 11 is 1.51. The van der Waals surface area contributed by atoms with Crippen molar-refractivity contribution in [3.63, 3.8) is 0 Å². The molecule has 0 bridgehead atoms. The molecule has 0 spiro atoms. The Labute approximate surface area is 191 Å². The molecule has 6 nitrogen and oxygen atoms in total. The number of carbonyl (C=O) groups is 2. The number of amides is 2. The fourth-order valence-corrected chi connectivity index (χ4v) is 5.34. The van der Waals surface area contributed by atoms with Crippen molar-refractivity contribution in [2.45, 2.75) is 6.54 Å². The SMILES string of the molecule is O=C1CN(C(=O)c2cc(-c3ccccc3)c(N3CCOCC3)s2)CN1Cc1ccccc1. The van der Waals surface area contributed by atoms with E-state index in [0.717, 1.165) is 34.8 Å². The standard InChI is InChI=1S/C25H25N3O3S/c29-23-17-28(18-27(23)16-19-7-3-1-4-8-19)24(30)22-15-21(20-9-5-2-6-10-20)25(32-22)26-11-13-31-14-12-26/h1-10,15H,11-14,16-18H2. The number of carbonyl (C=O) groups excluding carboxylic acids is 2. The summed E-state index contributed by atoms with van der Waals surface area (Å²) < 4.78 is 5.52. The van der Waals surface area contributed by atoms with Crippen molar-refractivity contribution in [2.24, 2.45) is 0 Å². The van der Waals surface area contributed by atoms with Crippen LogP contribution < -0.4 is 4.90 Å². The second kappa shape index (κ2) is 9.14. The average molecular weight is 448 g/mol. The van der Waals surface area contributed by atoms with Gasteiger partial charge in [0, 0.05) is 25.2 Å². The molecule has 0 aliphatic carbocycles. The third-order valence-electron chi connectivity index (χ3n) is 5.83. The zero-order valence-corrected chi connectivity index (χ0v) is 18.6. The second-order valence-electron chi connectivity index (χ2n) is 8.02. The summed E-state index contributed by atoms with van der Waals surface area (Å²) in [7, 11) is 0. The lowest BCUT2D eigenvalue weighted by Crippen LogP contribution is -2.35. The minimum Gasteiger partial charge on any atom is -0.378 e. The molecule has 0 atom stereocenters. The van der Waals surface area contributed by atoms with E-state index >= 15 is 0 Å². The van der Waals surface area contributed by atoms with E-state index in [9.17, 15) is 9.59 Å². The summed E-state index contributed by atoms with van der Waals surface area (Å²) in [5, 5.41) is 1.09. The third-order valence-corrected chi connectivity index (χ3v) is 7.01. The van der Waals surface area contributed by atoms with Gasteiger partial charge in [0.15, 0.2) is 0 Å². The van der Waals surface area contributed by atoms with Crippen LogP contribution in [0.2, 0.25) is 0 Å². The van der Waals surface area contributed by atoms with Crippen LogP contribution in [0.3, 0.4) is 0 Å². The van der Waals surface area contributed by atoms with Crippen molar-refractivity contribution in [3.8, 4) is 11.1 Å². The molecule has 3 aromatic rings. The van der Waals surface area contributed by atoms with Gasteiger partial charge in [0.1, 0.15) is 6.54 Å². The molecule has 7 heteroatoms. The molecule has 2 aliphatic heterocycles. The summed E-state index contributed by atoms with van der Waals surface area (Å²) in [6.45, 7) is 3.94. The fraction of sp³-hybridized carbons (Fsp3) is 0.280. The van der Waals surface area contributed by atoms with Gasteiger partial charge in [-0.15, -0.1) is 11.3 Å². The maximum Gasteiger partial charge on any atom is 0.265 e. The number of anilines is 1. The molecule has 32 heavy (non-hydrogen) atoms. The highest BCUT2D eigenvalue weighted by molar-refractivity contribution is 7.18. The van der Waals surface area contributed by atoms with Gasteiger partial charge in [-0.3, -0.25) is 9.59 Å². The van der Waals surface area contributed by atoms with E-state index in [1.165, 1.54) is 11.3 Å². The fourth-order valence-electron chi connectivity index (χ4n) is 4.14. The zero-order valence-electron chi connectivity index (χ0n) is 17.8. The number of benzene rings is 2. The van der Waals surface area contributed by atoms with Crippen LogP contribution in [0.5, 0.6) is 0 Å². The number of hydrogen-bond acceptors (Lipinski definition) is 5. The van der Waals surface area contributed by atoms with Crippen molar-refractivity contribution in [1.82, 2.24) is 9.80 Å². The molecule has 0 N–H and O–H groups in total. The highest BCUT2D eigenvalue weighted by Gasteiger charge is 2.33. The van der Waals surface area contributed by atoms with E-state index in [4.69, 9.17) is 4.74 Å². The van der Waals surface area contributed by atoms with Crippen LogP contribution in [0.25, 0.3) is 11.1 Å². The Hall–Kier alpha value is -3.16. The maximum atomic E-state index is 13.4. The molecule has 2 amide bonds. The van der Waals surface area contributed by atoms with Crippen LogP contribution in [0.1, 0.15) is 15.2 Å². The Balaban J connectivity index is 1.39. The Kier molecular flexibility index (Phi) is 5.92. The van der Waals surface area contributed by atoms with Crippen molar-refractivity contribution < 1.29 is 14.3 Å². The first-order chi connectivity index (χ1) is 15.7. The molecule has 2 saturated heterocycles. The van der Waals surface area contributed by atoms with Gasteiger partial charge in [0.2, 0.25) is 5.91 Å². The molecule has 2 fully saturated rings. The van der Waals surface area contributed by atoms with Gasteiger partial charge in [-0.25, -0.2) is 0 Å². The minimum absolute atomic E-state index is 0.0181. The van der Waals surface area contributed by atoms with E-state index in [-0.39, 0.29) is 18.4 Å². The van der Waals surface area contributed by atoms with Crippen molar-refractivity contribution >= 4 is 28.2 Å². The first kappa shape index (κ1) is 20.7. The maximum absolute atomic E-state index is 13.4. The average Bonchev–Trinajstić information content (AvgIpc) is 3.45. The summed E-state index contributed by atoms with van der Waals surface area (Å²) in [4.78, 5) is 32.3. The van der Waals surface area contributed by atoms with Gasteiger partial charge in [-0.2, -0.15) is 0 Å². The van der Waals surface area contributed by atoms with Gasteiger partial charge in [-0.1, -0.05) is 60.7 Å². The highest BCUT2D eigenvalue weighted by atomic mass is 32.1. The molecule has 0 saturated carbocycles. The van der Waals surface area contributed by atoms with Crippen LogP contribution >= 0.6 is 11.3 Å². The Morgan fingerprint density at radius 1 is 0.969 bits per heavy atom. The number of thiophene rings is 1. The molecule has 164 valence electrons. The molecule has 2 aromatic carbocycles. The Morgan fingerprint density at radius 2 is 1.66 bits per heavy atom. The summed E-state index contributed by atoms with van der Waals surface area (Å²) in [6, 6.07) is 22.0. The molecule has 1 aromatic heterocycles. The molecule has 0 unspecified atom stereocenters. The van der Waals surface area contributed by atoms with E-state index in [1.54, 1.807) is 9.80 Å². The first-order valence-corrected chi connectivity index (χ1v) is 11.6. The summed E-state index contributed by atoms with van der Waals surface area (Å²) in [5.74, 6) is -0.106. The molecular formula is C25H25N3O3S. The van der Waals surface area contributed by atoms with Crippen LogP contribution in [0.15, 0.2) is 66.7 Å². The third kappa shape index (κ3) is 4.26. The lowest BCUT2D eigenvalue weighted by molar-refractivity contribution is -0.127. The molecule has 2 aliphatic rings. The molecule has 0 radical (unpaired) electrons. The predicted octanol–water partition coefficient (Wildman–Crippen LogP) is 3.69. The van der Waals surface area contributed by atoms with E-state index < -0.39 is 0 Å². The van der Waals surface area contributed by atoms with Crippen LogP contribution in [-0.4, -0.2) is 61.1 Å². The second-order valence-corrected chi connectivity index (χ2v) is 9.05.